The molecule has 1 heterocycles. The summed E-state index contributed by atoms with van der Waals surface area (Å²) in [5, 5.41) is 18.5. The van der Waals surface area contributed by atoms with Gasteiger partial charge in [0.15, 0.2) is 0 Å². The molecule has 1 unspecified atom stereocenters. The Bertz CT molecular complexity index is 309. The molecule has 0 amide bonds. The number of hydrogen-bond donors (Lipinski definition) is 2. The minimum absolute atomic E-state index is 0.151. The van der Waals surface area contributed by atoms with E-state index in [1.165, 1.54) is 6.26 Å². The van der Waals surface area contributed by atoms with Crippen LogP contribution in [0.15, 0.2) is 41.0 Å². The lowest BCUT2D eigenvalue weighted by atomic mass is 10.1. The van der Waals surface area contributed by atoms with Crippen molar-refractivity contribution in [3.8, 4) is 0 Å². The van der Waals surface area contributed by atoms with Crippen LogP contribution in [-0.2, 0) is 0 Å². The average molecular weight is 194 g/mol. The summed E-state index contributed by atoms with van der Waals surface area (Å²) < 4.78 is 5.10. The van der Waals surface area contributed by atoms with E-state index in [4.69, 9.17) is 9.52 Å². The fourth-order valence-corrected chi connectivity index (χ4v) is 1.13. The molecule has 2 N–H and O–H groups in total. The van der Waals surface area contributed by atoms with E-state index in [0.29, 0.717) is 11.3 Å². The molecule has 0 aliphatic carbocycles. The van der Waals surface area contributed by atoms with Crippen LogP contribution in [0.2, 0.25) is 0 Å². The highest BCUT2D eigenvalue weighted by atomic mass is 16.3. The van der Waals surface area contributed by atoms with Gasteiger partial charge in [0.05, 0.1) is 19.0 Å². The molecular formula is C11H14O3. The molecule has 0 aromatic carbocycles. The van der Waals surface area contributed by atoms with Crippen LogP contribution in [0.4, 0.5) is 0 Å². The molecule has 0 saturated carbocycles. The van der Waals surface area contributed by atoms with E-state index in [-0.39, 0.29) is 6.61 Å². The van der Waals surface area contributed by atoms with E-state index in [0.717, 1.165) is 0 Å². The van der Waals surface area contributed by atoms with Crippen LogP contribution in [0.25, 0.3) is 5.57 Å². The normalized spacial score (nSPS) is 14.9. The van der Waals surface area contributed by atoms with E-state index in [9.17, 15) is 5.11 Å². The zero-order valence-electron chi connectivity index (χ0n) is 8.05. The SMILES string of the molecule is CC=CC(O)C=C(CO)c1ccco1. The summed E-state index contributed by atoms with van der Waals surface area (Å²) in [5.74, 6) is 0.580. The molecule has 76 valence electrons. The summed E-state index contributed by atoms with van der Waals surface area (Å²) in [6.07, 6.45) is 5.77. The monoisotopic (exact) mass is 194 g/mol. The topological polar surface area (TPSA) is 53.6 Å². The molecule has 3 nitrogen and oxygen atoms in total. The van der Waals surface area contributed by atoms with E-state index in [1.54, 1.807) is 30.4 Å². The highest BCUT2D eigenvalue weighted by Gasteiger charge is 2.04. The first-order chi connectivity index (χ1) is 6.77. The van der Waals surface area contributed by atoms with Gasteiger partial charge in [0.2, 0.25) is 0 Å². The van der Waals surface area contributed by atoms with E-state index >= 15 is 0 Å². The third-order valence-corrected chi connectivity index (χ3v) is 1.77. The Balaban J connectivity index is 2.81. The molecule has 0 aliphatic rings. The summed E-state index contributed by atoms with van der Waals surface area (Å²) in [6.45, 7) is 1.67. The van der Waals surface area contributed by atoms with Gasteiger partial charge in [-0.2, -0.15) is 0 Å². The first-order valence-electron chi connectivity index (χ1n) is 4.44. The zero-order valence-corrected chi connectivity index (χ0v) is 8.05. The maximum atomic E-state index is 9.43. The minimum Gasteiger partial charge on any atom is -0.465 e. The van der Waals surface area contributed by atoms with Gasteiger partial charge in [-0.25, -0.2) is 0 Å². The Hall–Kier alpha value is -1.32. The van der Waals surface area contributed by atoms with E-state index in [1.807, 2.05) is 6.92 Å². The second-order valence-electron chi connectivity index (χ2n) is 2.84. The molecule has 0 bridgehead atoms. The van der Waals surface area contributed by atoms with Crippen molar-refractivity contribution >= 4 is 5.57 Å². The molecule has 0 aliphatic heterocycles. The van der Waals surface area contributed by atoms with Gasteiger partial charge in [0.25, 0.3) is 0 Å². The Morgan fingerprint density at radius 2 is 2.43 bits per heavy atom. The Kier molecular flexibility index (Phi) is 4.16. The van der Waals surface area contributed by atoms with Gasteiger partial charge in [-0.1, -0.05) is 12.2 Å². The Morgan fingerprint density at radius 1 is 1.64 bits per heavy atom. The fourth-order valence-electron chi connectivity index (χ4n) is 1.13. The lowest BCUT2D eigenvalue weighted by Gasteiger charge is -2.02. The maximum Gasteiger partial charge on any atom is 0.131 e. The third-order valence-electron chi connectivity index (χ3n) is 1.77. The predicted octanol–water partition coefficient (Wildman–Crippen LogP) is 1.59. The Labute approximate surface area is 83.0 Å². The number of hydrogen-bond acceptors (Lipinski definition) is 3. The number of aliphatic hydroxyl groups is 2. The van der Waals surface area contributed by atoms with Crippen molar-refractivity contribution in [1.29, 1.82) is 0 Å². The number of allylic oxidation sites excluding steroid dienone is 1. The molecule has 1 aromatic rings. The molecule has 14 heavy (non-hydrogen) atoms. The molecule has 3 heteroatoms. The van der Waals surface area contributed by atoms with Gasteiger partial charge in [-0.15, -0.1) is 0 Å². The number of rotatable bonds is 4. The largest absolute Gasteiger partial charge is 0.465 e. The van der Waals surface area contributed by atoms with Crippen molar-refractivity contribution in [2.45, 2.75) is 13.0 Å². The lowest BCUT2D eigenvalue weighted by molar-refractivity contribution is 0.269. The first-order valence-corrected chi connectivity index (χ1v) is 4.44. The van der Waals surface area contributed by atoms with E-state index in [2.05, 4.69) is 0 Å². The van der Waals surface area contributed by atoms with Crippen LogP contribution in [-0.4, -0.2) is 22.9 Å². The first kappa shape index (κ1) is 10.8. The van der Waals surface area contributed by atoms with Crippen molar-refractivity contribution in [3.63, 3.8) is 0 Å². The predicted molar refractivity (Wildman–Crippen MR) is 54.6 cm³/mol. The molecular weight excluding hydrogens is 180 g/mol. The van der Waals surface area contributed by atoms with Crippen molar-refractivity contribution in [1.82, 2.24) is 0 Å². The summed E-state index contributed by atoms with van der Waals surface area (Å²) in [5.41, 5.74) is 0.584. The molecule has 0 saturated heterocycles. The summed E-state index contributed by atoms with van der Waals surface area (Å²) in [7, 11) is 0. The lowest BCUT2D eigenvalue weighted by Crippen LogP contribution is -2.00. The van der Waals surface area contributed by atoms with Crippen LogP contribution in [0, 0.1) is 0 Å². The van der Waals surface area contributed by atoms with Crippen molar-refractivity contribution in [2.24, 2.45) is 0 Å². The van der Waals surface area contributed by atoms with Crippen LogP contribution in [0.3, 0.4) is 0 Å². The third kappa shape index (κ3) is 2.87. The molecule has 1 aromatic heterocycles. The second kappa shape index (κ2) is 5.42. The minimum atomic E-state index is -0.688. The molecule has 1 atom stereocenters. The fraction of sp³-hybridized carbons (Fsp3) is 0.273. The number of aliphatic hydroxyl groups excluding tert-OH is 2. The maximum absolute atomic E-state index is 9.43. The van der Waals surface area contributed by atoms with Crippen molar-refractivity contribution < 1.29 is 14.6 Å². The highest BCUT2D eigenvalue weighted by Crippen LogP contribution is 2.14. The van der Waals surface area contributed by atoms with Crippen molar-refractivity contribution in [3.05, 3.63) is 42.4 Å². The van der Waals surface area contributed by atoms with Crippen molar-refractivity contribution in [2.75, 3.05) is 6.61 Å². The van der Waals surface area contributed by atoms with Gasteiger partial charge >= 0.3 is 0 Å². The summed E-state index contributed by atoms with van der Waals surface area (Å²) in [6, 6.07) is 3.48. The van der Waals surface area contributed by atoms with Crippen LogP contribution >= 0.6 is 0 Å². The van der Waals surface area contributed by atoms with Gasteiger partial charge < -0.3 is 14.6 Å². The standard InChI is InChI=1S/C11H14O3/c1-2-4-10(13)7-9(8-12)11-5-3-6-14-11/h2-7,10,12-13H,8H2,1H3. The van der Waals surface area contributed by atoms with Gasteiger partial charge in [0, 0.05) is 5.57 Å². The van der Waals surface area contributed by atoms with Crippen LogP contribution < -0.4 is 0 Å². The quantitative estimate of drug-likeness (QED) is 0.716. The molecule has 1 rings (SSSR count). The summed E-state index contributed by atoms with van der Waals surface area (Å²) in [4.78, 5) is 0. The molecule has 0 spiro atoms. The van der Waals surface area contributed by atoms with Gasteiger partial charge in [0.1, 0.15) is 5.76 Å². The Morgan fingerprint density at radius 3 is 2.93 bits per heavy atom. The zero-order chi connectivity index (χ0) is 10.4. The highest BCUT2D eigenvalue weighted by molar-refractivity contribution is 5.62. The second-order valence-corrected chi connectivity index (χ2v) is 2.84. The molecule has 0 fully saturated rings. The van der Waals surface area contributed by atoms with Crippen LogP contribution in [0.1, 0.15) is 12.7 Å². The smallest absolute Gasteiger partial charge is 0.131 e. The van der Waals surface area contributed by atoms with Gasteiger partial charge in [-0.3, -0.25) is 0 Å². The number of furan rings is 1. The van der Waals surface area contributed by atoms with Gasteiger partial charge in [-0.05, 0) is 25.1 Å². The molecule has 0 radical (unpaired) electrons. The van der Waals surface area contributed by atoms with Crippen LogP contribution in [0.5, 0.6) is 0 Å². The summed E-state index contributed by atoms with van der Waals surface area (Å²) >= 11 is 0. The average Bonchev–Trinajstić information content (AvgIpc) is 2.67. The van der Waals surface area contributed by atoms with E-state index < -0.39 is 6.10 Å².